The molecule has 0 bridgehead atoms. The highest BCUT2D eigenvalue weighted by Crippen LogP contribution is 2.06. The third-order valence-electron chi connectivity index (χ3n) is 1.19. The highest BCUT2D eigenvalue weighted by Gasteiger charge is 2.36. The summed E-state index contributed by atoms with van der Waals surface area (Å²) in [7, 11) is 0.335. The van der Waals surface area contributed by atoms with Gasteiger partial charge in [-0.3, -0.25) is 10.0 Å². The molecule has 0 saturated heterocycles. The van der Waals surface area contributed by atoms with E-state index in [4.69, 9.17) is 13.4 Å². The zero-order valence-corrected chi connectivity index (χ0v) is 8.72. The molecule has 0 aromatic carbocycles. The molecule has 0 amide bonds. The van der Waals surface area contributed by atoms with Gasteiger partial charge in [-0.1, -0.05) is 13.2 Å². The van der Waals surface area contributed by atoms with Crippen molar-refractivity contribution >= 4 is 8.80 Å². The zero-order valence-electron chi connectivity index (χ0n) is 7.72. The van der Waals surface area contributed by atoms with Crippen molar-refractivity contribution in [2.24, 2.45) is 0 Å². The van der Waals surface area contributed by atoms with E-state index in [1.54, 1.807) is 6.92 Å². The first kappa shape index (κ1) is 11.4. The average Bonchev–Trinajstić information content (AvgIpc) is 2.08. The lowest BCUT2D eigenvalue weighted by Crippen LogP contribution is -2.45. The van der Waals surface area contributed by atoms with Crippen LogP contribution in [0.4, 0.5) is 0 Å². The SMILES string of the molecule is C=C[Si](OC)(OC)ONC(=C)C. The second-order valence-electron chi connectivity index (χ2n) is 2.20. The number of hydrogen-bond acceptors (Lipinski definition) is 4. The summed E-state index contributed by atoms with van der Waals surface area (Å²) >= 11 is 0. The summed E-state index contributed by atoms with van der Waals surface area (Å²) in [5.41, 5.74) is 4.80. The van der Waals surface area contributed by atoms with Crippen LogP contribution in [-0.2, 0) is 13.4 Å². The normalized spacial score (nSPS) is 10.9. The van der Waals surface area contributed by atoms with Crippen LogP contribution < -0.4 is 5.48 Å². The van der Waals surface area contributed by atoms with Crippen molar-refractivity contribution in [3.05, 3.63) is 24.6 Å². The summed E-state index contributed by atoms with van der Waals surface area (Å²) in [5, 5.41) is 0. The van der Waals surface area contributed by atoms with Crippen molar-refractivity contribution in [3.63, 3.8) is 0 Å². The predicted octanol–water partition coefficient (Wildman–Crippen LogP) is 0.998. The largest absolute Gasteiger partial charge is 0.550 e. The fourth-order valence-corrected chi connectivity index (χ4v) is 1.60. The Bertz CT molecular complexity index is 168. The van der Waals surface area contributed by atoms with Crippen LogP contribution >= 0.6 is 0 Å². The second-order valence-corrected chi connectivity index (χ2v) is 4.84. The van der Waals surface area contributed by atoms with E-state index < -0.39 is 8.80 Å². The van der Waals surface area contributed by atoms with E-state index in [0.717, 1.165) is 0 Å². The van der Waals surface area contributed by atoms with E-state index in [1.165, 1.54) is 19.9 Å². The maximum absolute atomic E-state index is 5.17. The number of nitrogens with one attached hydrogen (secondary N) is 1. The molecule has 0 rings (SSSR count). The molecule has 1 N–H and O–H groups in total. The third-order valence-corrected chi connectivity index (χ3v) is 3.21. The molecule has 0 radical (unpaired) electrons. The first-order valence-corrected chi connectivity index (χ1v) is 5.24. The summed E-state index contributed by atoms with van der Waals surface area (Å²) in [6.07, 6.45) is 0. The van der Waals surface area contributed by atoms with Gasteiger partial charge in [0.1, 0.15) is 0 Å². The van der Waals surface area contributed by atoms with E-state index in [2.05, 4.69) is 18.6 Å². The summed E-state index contributed by atoms with van der Waals surface area (Å²) in [5.74, 6) is 0. The Kier molecular flexibility index (Phi) is 4.83. The average molecular weight is 189 g/mol. The van der Waals surface area contributed by atoms with Crippen molar-refractivity contribution in [2.45, 2.75) is 6.92 Å². The molecule has 0 aliphatic heterocycles. The molecular weight excluding hydrogens is 174 g/mol. The molecular formula is C7H15NO3Si. The van der Waals surface area contributed by atoms with E-state index in [1.807, 2.05) is 0 Å². The summed E-state index contributed by atoms with van der Waals surface area (Å²) in [6.45, 7) is 8.94. The van der Waals surface area contributed by atoms with Crippen molar-refractivity contribution in [2.75, 3.05) is 14.2 Å². The minimum Gasteiger partial charge on any atom is -0.373 e. The molecule has 0 heterocycles. The molecule has 0 saturated carbocycles. The molecule has 0 aliphatic rings. The highest BCUT2D eigenvalue weighted by molar-refractivity contribution is 6.65. The Morgan fingerprint density at radius 3 is 2.17 bits per heavy atom. The first-order valence-electron chi connectivity index (χ1n) is 3.43. The monoisotopic (exact) mass is 189 g/mol. The van der Waals surface area contributed by atoms with Crippen molar-refractivity contribution in [3.8, 4) is 0 Å². The molecule has 0 aromatic rings. The lowest BCUT2D eigenvalue weighted by atomic mass is 10.6. The standard InChI is InChI=1S/C7H15NO3Si/c1-6-12(9-4,10-5)11-8-7(2)3/h6,8H,1-2H2,3-5H3. The Balaban J connectivity index is 4.11. The number of rotatable bonds is 6. The van der Waals surface area contributed by atoms with Gasteiger partial charge in [0.2, 0.25) is 0 Å². The maximum atomic E-state index is 5.17. The van der Waals surface area contributed by atoms with Gasteiger partial charge in [-0.15, -0.1) is 0 Å². The van der Waals surface area contributed by atoms with Crippen molar-refractivity contribution in [1.29, 1.82) is 0 Å². The number of hydroxylamine groups is 1. The van der Waals surface area contributed by atoms with Gasteiger partial charge >= 0.3 is 8.80 Å². The van der Waals surface area contributed by atoms with Gasteiger partial charge in [-0.25, -0.2) is 0 Å². The molecule has 0 unspecified atom stereocenters. The van der Waals surface area contributed by atoms with Crippen LogP contribution in [0.3, 0.4) is 0 Å². The van der Waals surface area contributed by atoms with Crippen LogP contribution in [0.5, 0.6) is 0 Å². The molecule has 4 nitrogen and oxygen atoms in total. The molecule has 0 aromatic heterocycles. The van der Waals surface area contributed by atoms with E-state index in [0.29, 0.717) is 5.70 Å². The molecule has 0 atom stereocenters. The predicted molar refractivity (Wildman–Crippen MR) is 49.0 cm³/mol. The highest BCUT2D eigenvalue weighted by atomic mass is 28.4. The summed E-state index contributed by atoms with van der Waals surface area (Å²) in [6, 6.07) is 0. The Hall–Kier alpha value is -0.623. The van der Waals surface area contributed by atoms with E-state index in [-0.39, 0.29) is 0 Å². The molecule has 0 spiro atoms. The van der Waals surface area contributed by atoms with Gasteiger partial charge in [-0.2, -0.15) is 0 Å². The van der Waals surface area contributed by atoms with Crippen LogP contribution in [0.2, 0.25) is 0 Å². The van der Waals surface area contributed by atoms with Crippen molar-refractivity contribution < 1.29 is 13.4 Å². The lowest BCUT2D eigenvalue weighted by Gasteiger charge is -2.22. The maximum Gasteiger partial charge on any atom is 0.550 e. The van der Waals surface area contributed by atoms with Gasteiger partial charge in [0.25, 0.3) is 0 Å². The topological polar surface area (TPSA) is 39.7 Å². The molecule has 12 heavy (non-hydrogen) atoms. The van der Waals surface area contributed by atoms with Gasteiger partial charge in [0.15, 0.2) is 0 Å². The number of allylic oxidation sites excluding steroid dienone is 1. The zero-order chi connectivity index (χ0) is 9.61. The van der Waals surface area contributed by atoms with Crippen LogP contribution in [0.25, 0.3) is 0 Å². The minimum absolute atomic E-state index is 0.683. The molecule has 5 heteroatoms. The Morgan fingerprint density at radius 1 is 1.42 bits per heavy atom. The number of hydrogen-bond donors (Lipinski definition) is 1. The molecule has 0 fully saturated rings. The van der Waals surface area contributed by atoms with Crippen LogP contribution in [0.1, 0.15) is 6.92 Å². The third kappa shape index (κ3) is 3.18. The molecule has 70 valence electrons. The smallest absolute Gasteiger partial charge is 0.373 e. The Morgan fingerprint density at radius 2 is 1.92 bits per heavy atom. The summed E-state index contributed by atoms with van der Waals surface area (Å²) in [4.78, 5) is 0. The van der Waals surface area contributed by atoms with E-state index in [9.17, 15) is 0 Å². The Labute approximate surface area is 74.1 Å². The van der Waals surface area contributed by atoms with Crippen LogP contribution in [0, 0.1) is 0 Å². The van der Waals surface area contributed by atoms with Crippen LogP contribution in [0.15, 0.2) is 24.6 Å². The van der Waals surface area contributed by atoms with Gasteiger partial charge < -0.3 is 8.85 Å². The summed E-state index contributed by atoms with van der Waals surface area (Å²) < 4.78 is 15.3. The second kappa shape index (κ2) is 5.10. The van der Waals surface area contributed by atoms with Gasteiger partial charge in [0, 0.05) is 19.9 Å². The first-order chi connectivity index (χ1) is 5.60. The van der Waals surface area contributed by atoms with Crippen molar-refractivity contribution in [1.82, 2.24) is 5.48 Å². The fraction of sp³-hybridized carbons (Fsp3) is 0.429. The quantitative estimate of drug-likeness (QED) is 0.500. The lowest BCUT2D eigenvalue weighted by molar-refractivity contribution is 0.0727. The fourth-order valence-electron chi connectivity index (χ4n) is 0.533. The minimum atomic E-state index is -2.69. The van der Waals surface area contributed by atoms with Crippen LogP contribution in [-0.4, -0.2) is 23.0 Å². The van der Waals surface area contributed by atoms with Gasteiger partial charge in [-0.05, 0) is 12.6 Å². The van der Waals surface area contributed by atoms with E-state index >= 15 is 0 Å². The van der Waals surface area contributed by atoms with Gasteiger partial charge in [0.05, 0.1) is 0 Å². The molecule has 0 aliphatic carbocycles.